The molecule has 2 nitrogen and oxygen atoms in total. The van der Waals surface area contributed by atoms with Crippen LogP contribution in [0, 0.1) is 34.5 Å². The van der Waals surface area contributed by atoms with Crippen LogP contribution in [0.15, 0.2) is 46.4 Å². The Kier molecular flexibility index (Phi) is 4.05. The fourth-order valence-corrected chi connectivity index (χ4v) is 8.51. The van der Waals surface area contributed by atoms with E-state index in [-0.39, 0.29) is 22.5 Å². The van der Waals surface area contributed by atoms with E-state index in [1.165, 1.54) is 10.5 Å². The highest BCUT2D eigenvalue weighted by atomic mass is 32.2. The van der Waals surface area contributed by atoms with Crippen molar-refractivity contribution >= 4 is 23.3 Å². The molecule has 0 heterocycles. The van der Waals surface area contributed by atoms with E-state index in [4.69, 9.17) is 0 Å². The molecule has 6 atom stereocenters. The molecule has 2 fully saturated rings. The third-order valence-electron chi connectivity index (χ3n) is 8.59. The fraction of sp³-hybridized carbons (Fsp3) is 0.600. The second-order valence-electron chi connectivity index (χ2n) is 10.2. The molecule has 3 heteroatoms. The van der Waals surface area contributed by atoms with Gasteiger partial charge in [-0.2, -0.15) is 0 Å². The Balaban J connectivity index is 1.68. The van der Waals surface area contributed by atoms with Gasteiger partial charge in [0.2, 0.25) is 0 Å². The largest absolute Gasteiger partial charge is 0.299 e. The van der Waals surface area contributed by atoms with E-state index in [0.29, 0.717) is 29.8 Å². The fourth-order valence-electron chi connectivity index (χ4n) is 6.99. The molecule has 0 unspecified atom stereocenters. The number of thioether (sulfide) groups is 1. The molecule has 2 saturated carbocycles. The summed E-state index contributed by atoms with van der Waals surface area (Å²) < 4.78 is 0. The Bertz CT molecular complexity index is 883. The normalized spacial score (nSPS) is 41.2. The van der Waals surface area contributed by atoms with E-state index in [1.807, 2.05) is 17.8 Å². The maximum atomic E-state index is 13.7. The molecule has 1 aromatic carbocycles. The molecular formula is C25H30O2S. The molecule has 0 aliphatic heterocycles. The maximum Gasteiger partial charge on any atom is 0.161 e. The van der Waals surface area contributed by atoms with Gasteiger partial charge in [-0.25, -0.2) is 0 Å². The molecule has 4 aliphatic rings. The van der Waals surface area contributed by atoms with Crippen molar-refractivity contribution < 1.29 is 9.59 Å². The number of benzene rings is 1. The van der Waals surface area contributed by atoms with Gasteiger partial charge in [0.15, 0.2) is 5.78 Å². The average Bonchev–Trinajstić information content (AvgIpc) is 3.03. The molecule has 0 bridgehead atoms. The van der Waals surface area contributed by atoms with Gasteiger partial charge in [-0.1, -0.05) is 45.9 Å². The van der Waals surface area contributed by atoms with Gasteiger partial charge in [-0.05, 0) is 65.7 Å². The van der Waals surface area contributed by atoms with Gasteiger partial charge < -0.3 is 0 Å². The molecule has 0 N–H and O–H groups in total. The van der Waals surface area contributed by atoms with Crippen LogP contribution in [0.2, 0.25) is 0 Å². The molecule has 0 aromatic heterocycles. The van der Waals surface area contributed by atoms with E-state index in [0.717, 1.165) is 24.8 Å². The predicted molar refractivity (Wildman–Crippen MR) is 113 cm³/mol. The van der Waals surface area contributed by atoms with Crippen molar-refractivity contribution in [3.63, 3.8) is 0 Å². The Labute approximate surface area is 172 Å². The molecule has 4 aliphatic carbocycles. The molecule has 148 valence electrons. The zero-order chi connectivity index (χ0) is 19.8. The van der Waals surface area contributed by atoms with Crippen LogP contribution in [-0.2, 0) is 9.59 Å². The molecule has 1 aromatic rings. The standard InChI is InChI=1S/C25H30O2S/c1-14-20-21-18(24(21,2)3)13-19(26)25(20,4)23(28-15-9-6-5-7-10-15)17-12-8-11-16(17)22(14)27/h5-7,9-10,14,18,20-21,23H,8,11-13H2,1-4H3/t14-,18-,20+,21-,23+,25+/m0/s1. The summed E-state index contributed by atoms with van der Waals surface area (Å²) in [5.41, 5.74) is 2.09. The van der Waals surface area contributed by atoms with E-state index in [9.17, 15) is 9.59 Å². The van der Waals surface area contributed by atoms with E-state index < -0.39 is 5.41 Å². The van der Waals surface area contributed by atoms with Crippen LogP contribution in [0.5, 0.6) is 0 Å². The number of Topliss-reactive ketones (excluding diaryl/α,β-unsaturated/α-hetero) is 2. The Morgan fingerprint density at radius 2 is 1.71 bits per heavy atom. The van der Waals surface area contributed by atoms with Gasteiger partial charge in [-0.3, -0.25) is 9.59 Å². The first-order chi connectivity index (χ1) is 13.3. The minimum Gasteiger partial charge on any atom is -0.299 e. The van der Waals surface area contributed by atoms with Gasteiger partial charge >= 0.3 is 0 Å². The smallest absolute Gasteiger partial charge is 0.161 e. The highest BCUT2D eigenvalue weighted by Gasteiger charge is 2.72. The molecule has 0 amide bonds. The van der Waals surface area contributed by atoms with Crippen molar-refractivity contribution in [2.75, 3.05) is 0 Å². The summed E-state index contributed by atoms with van der Waals surface area (Å²) in [5, 5.41) is 0.0937. The maximum absolute atomic E-state index is 13.7. The van der Waals surface area contributed by atoms with Crippen molar-refractivity contribution in [1.29, 1.82) is 0 Å². The molecule has 0 radical (unpaired) electrons. The van der Waals surface area contributed by atoms with Gasteiger partial charge in [0.1, 0.15) is 5.78 Å². The Hall–Kier alpha value is -1.35. The second-order valence-corrected chi connectivity index (χ2v) is 11.4. The van der Waals surface area contributed by atoms with Crippen LogP contribution in [-0.4, -0.2) is 16.8 Å². The first kappa shape index (κ1) is 18.7. The Morgan fingerprint density at radius 3 is 2.43 bits per heavy atom. The lowest BCUT2D eigenvalue weighted by atomic mass is 9.59. The van der Waals surface area contributed by atoms with Crippen molar-refractivity contribution in [2.45, 2.75) is 63.5 Å². The van der Waals surface area contributed by atoms with Crippen LogP contribution in [0.3, 0.4) is 0 Å². The predicted octanol–water partition coefficient (Wildman–Crippen LogP) is 5.71. The summed E-state index contributed by atoms with van der Waals surface area (Å²) >= 11 is 1.84. The van der Waals surface area contributed by atoms with E-state index in [2.05, 4.69) is 52.0 Å². The van der Waals surface area contributed by atoms with Crippen LogP contribution in [0.1, 0.15) is 53.4 Å². The average molecular weight is 395 g/mol. The topological polar surface area (TPSA) is 34.1 Å². The lowest BCUT2D eigenvalue weighted by Crippen LogP contribution is -2.50. The first-order valence-corrected chi connectivity index (χ1v) is 11.7. The summed E-state index contributed by atoms with van der Waals surface area (Å²) in [6.45, 7) is 8.95. The molecule has 0 spiro atoms. The lowest BCUT2D eigenvalue weighted by molar-refractivity contribution is -0.137. The SMILES string of the molecule is C[C@@H]1C(=O)C2=C(CCC2)[C@@H](Sc2ccccc2)[C@]2(C)C(=O)C[C@H]3[C@@H]([C@@H]12)C3(C)C. The van der Waals surface area contributed by atoms with E-state index >= 15 is 0 Å². The number of ketones is 2. The van der Waals surface area contributed by atoms with Crippen molar-refractivity contribution in [1.82, 2.24) is 0 Å². The van der Waals surface area contributed by atoms with Gasteiger partial charge in [0, 0.05) is 27.9 Å². The number of allylic oxidation sites excluding steroid dienone is 1. The monoisotopic (exact) mass is 394 g/mol. The molecular weight excluding hydrogens is 364 g/mol. The number of carbonyl (C=O) groups excluding carboxylic acids is 2. The number of fused-ring (bicyclic) bond motifs is 3. The first-order valence-electron chi connectivity index (χ1n) is 10.8. The summed E-state index contributed by atoms with van der Waals surface area (Å²) in [6, 6.07) is 10.5. The van der Waals surface area contributed by atoms with Crippen molar-refractivity contribution in [3.05, 3.63) is 41.5 Å². The summed E-state index contributed by atoms with van der Waals surface area (Å²) in [6.07, 6.45) is 3.63. The Morgan fingerprint density at radius 1 is 1.00 bits per heavy atom. The van der Waals surface area contributed by atoms with Gasteiger partial charge in [-0.15, -0.1) is 11.8 Å². The summed E-state index contributed by atoms with van der Waals surface area (Å²) in [5.74, 6) is 1.81. The molecule has 28 heavy (non-hydrogen) atoms. The van der Waals surface area contributed by atoms with Gasteiger partial charge in [0.25, 0.3) is 0 Å². The van der Waals surface area contributed by atoms with Crippen molar-refractivity contribution in [2.24, 2.45) is 34.5 Å². The van der Waals surface area contributed by atoms with Gasteiger partial charge in [0.05, 0.1) is 0 Å². The zero-order valence-corrected chi connectivity index (χ0v) is 18.1. The highest BCUT2D eigenvalue weighted by molar-refractivity contribution is 8.00. The summed E-state index contributed by atoms with van der Waals surface area (Å²) in [7, 11) is 0. The van der Waals surface area contributed by atoms with Crippen LogP contribution in [0.25, 0.3) is 0 Å². The van der Waals surface area contributed by atoms with Crippen LogP contribution in [0.4, 0.5) is 0 Å². The molecule has 5 rings (SSSR count). The van der Waals surface area contributed by atoms with Crippen LogP contribution < -0.4 is 0 Å². The lowest BCUT2D eigenvalue weighted by Gasteiger charge is -2.46. The quantitative estimate of drug-likeness (QED) is 0.644. The number of rotatable bonds is 2. The summed E-state index contributed by atoms with van der Waals surface area (Å²) in [4.78, 5) is 28.5. The van der Waals surface area contributed by atoms with Crippen LogP contribution >= 0.6 is 11.8 Å². The highest BCUT2D eigenvalue weighted by Crippen LogP contribution is 2.73. The minimum absolute atomic E-state index is 0.0481. The molecule has 0 saturated heterocycles. The zero-order valence-electron chi connectivity index (χ0n) is 17.3. The minimum atomic E-state index is -0.452. The van der Waals surface area contributed by atoms with E-state index in [1.54, 1.807) is 0 Å². The second kappa shape index (κ2) is 6.08. The number of carbonyl (C=O) groups is 2. The third kappa shape index (κ3) is 2.35. The third-order valence-corrected chi connectivity index (χ3v) is 10.1. The number of hydrogen-bond acceptors (Lipinski definition) is 3. The number of hydrogen-bond donors (Lipinski definition) is 0. The van der Waals surface area contributed by atoms with Crippen molar-refractivity contribution in [3.8, 4) is 0 Å².